The van der Waals surface area contributed by atoms with Gasteiger partial charge in [-0.2, -0.15) is 11.8 Å². The number of piperidine rings is 1. The number of hydrogen-bond donors (Lipinski definition) is 0. The standard InChI is InChI=1S/C45H46N2OS/c1-42(2)29-44(30-43(3,4)46(42)5)38-18-12-11-17-36(38)39-34-15-9-10-16-35(34)41-37(40(39)44)23-24-45(48-41,31-13-7-6-8-14-31)32-19-21-33(22-20-32)47-25-27-49-28-26-47/h6-24H,25-30H2,1-5H3. The second-order valence-electron chi connectivity index (χ2n) is 15.9. The molecule has 3 aliphatic heterocycles. The van der Waals surface area contributed by atoms with E-state index in [1.165, 1.54) is 55.8 Å². The van der Waals surface area contributed by atoms with Gasteiger partial charge in [-0.05, 0) is 93.4 Å². The predicted octanol–water partition coefficient (Wildman–Crippen LogP) is 10.3. The van der Waals surface area contributed by atoms with E-state index in [2.05, 4.69) is 160 Å². The van der Waals surface area contributed by atoms with Gasteiger partial charge >= 0.3 is 0 Å². The van der Waals surface area contributed by atoms with Crippen LogP contribution in [0.1, 0.15) is 68.4 Å². The quantitative estimate of drug-likeness (QED) is 0.191. The number of anilines is 1. The number of benzene rings is 5. The van der Waals surface area contributed by atoms with Crippen LogP contribution in [0.3, 0.4) is 0 Å². The Hall–Kier alpha value is -3.99. The van der Waals surface area contributed by atoms with Crippen molar-refractivity contribution in [2.24, 2.45) is 0 Å². The van der Waals surface area contributed by atoms with Crippen LogP contribution >= 0.6 is 11.8 Å². The highest BCUT2D eigenvalue weighted by atomic mass is 32.2. The van der Waals surface area contributed by atoms with Crippen molar-refractivity contribution in [3.8, 4) is 16.9 Å². The monoisotopic (exact) mass is 662 g/mol. The minimum atomic E-state index is -0.758. The van der Waals surface area contributed by atoms with Crippen molar-refractivity contribution in [1.29, 1.82) is 0 Å². The van der Waals surface area contributed by atoms with Gasteiger partial charge in [-0.25, -0.2) is 0 Å². The van der Waals surface area contributed by atoms with Crippen molar-refractivity contribution < 1.29 is 4.74 Å². The smallest absolute Gasteiger partial charge is 0.178 e. The summed E-state index contributed by atoms with van der Waals surface area (Å²) in [5.41, 5.74) is 9.62. The average molecular weight is 663 g/mol. The lowest BCUT2D eigenvalue weighted by atomic mass is 9.59. The molecular formula is C45H46N2OS. The average Bonchev–Trinajstić information content (AvgIpc) is 3.40. The Kier molecular flexibility index (Phi) is 6.97. The molecule has 3 heterocycles. The van der Waals surface area contributed by atoms with E-state index in [1.807, 2.05) is 11.8 Å². The van der Waals surface area contributed by atoms with Crippen LogP contribution in [0.5, 0.6) is 5.75 Å². The summed E-state index contributed by atoms with van der Waals surface area (Å²) in [6.45, 7) is 11.9. The Morgan fingerprint density at radius 3 is 2.00 bits per heavy atom. The summed E-state index contributed by atoms with van der Waals surface area (Å²) in [6, 6.07) is 38.3. The molecule has 3 nitrogen and oxygen atoms in total. The summed E-state index contributed by atoms with van der Waals surface area (Å²) in [7, 11) is 2.32. The van der Waals surface area contributed by atoms with Gasteiger partial charge in [-0.15, -0.1) is 0 Å². The Morgan fingerprint density at radius 2 is 1.29 bits per heavy atom. The van der Waals surface area contributed by atoms with E-state index < -0.39 is 5.60 Å². The molecule has 4 heteroatoms. The van der Waals surface area contributed by atoms with Crippen molar-refractivity contribution in [3.05, 3.63) is 137 Å². The SMILES string of the molecule is CN1C(C)(C)CC2(CC1(C)C)c1ccccc1-c1c2c2c(c3ccccc13)OC(c1ccccc1)(c1ccc(N3CCSCC3)cc1)C=C2. The molecule has 49 heavy (non-hydrogen) atoms. The van der Waals surface area contributed by atoms with Crippen LogP contribution in [0.4, 0.5) is 5.69 Å². The fourth-order valence-electron chi connectivity index (χ4n) is 9.99. The van der Waals surface area contributed by atoms with E-state index in [0.29, 0.717) is 0 Å². The van der Waals surface area contributed by atoms with Gasteiger partial charge < -0.3 is 9.64 Å². The zero-order chi connectivity index (χ0) is 33.6. The molecule has 2 fully saturated rings. The van der Waals surface area contributed by atoms with Crippen molar-refractivity contribution in [2.75, 3.05) is 36.5 Å². The zero-order valence-corrected chi connectivity index (χ0v) is 30.2. The van der Waals surface area contributed by atoms with Gasteiger partial charge in [0.1, 0.15) is 5.75 Å². The van der Waals surface area contributed by atoms with Gasteiger partial charge in [0.2, 0.25) is 0 Å². The summed E-state index contributed by atoms with van der Waals surface area (Å²) >= 11 is 2.05. The predicted molar refractivity (Wildman–Crippen MR) is 208 cm³/mol. The highest BCUT2D eigenvalue weighted by molar-refractivity contribution is 7.99. The maximum Gasteiger partial charge on any atom is 0.178 e. The highest BCUT2D eigenvalue weighted by Crippen LogP contribution is 2.64. The number of rotatable bonds is 3. The summed E-state index contributed by atoms with van der Waals surface area (Å²) in [6.07, 6.45) is 6.87. The molecule has 0 N–H and O–H groups in total. The van der Waals surface area contributed by atoms with Crippen LogP contribution < -0.4 is 9.64 Å². The summed E-state index contributed by atoms with van der Waals surface area (Å²) in [5.74, 6) is 3.37. The minimum Gasteiger partial charge on any atom is -0.472 e. The molecule has 1 unspecified atom stereocenters. The third kappa shape index (κ3) is 4.53. The normalized spacial score (nSPS) is 23.2. The Morgan fingerprint density at radius 1 is 0.673 bits per heavy atom. The number of hydrogen-bond acceptors (Lipinski definition) is 4. The van der Waals surface area contributed by atoms with Gasteiger partial charge in [0, 0.05) is 68.9 Å². The second-order valence-corrected chi connectivity index (χ2v) is 17.1. The van der Waals surface area contributed by atoms with Gasteiger partial charge in [-0.3, -0.25) is 4.90 Å². The molecule has 0 amide bonds. The number of thioether (sulfide) groups is 1. The first kappa shape index (κ1) is 31.0. The van der Waals surface area contributed by atoms with Crippen molar-refractivity contribution >= 4 is 34.3 Å². The van der Waals surface area contributed by atoms with E-state index in [1.54, 1.807) is 0 Å². The van der Waals surface area contributed by atoms with Crippen molar-refractivity contribution in [1.82, 2.24) is 4.90 Å². The molecule has 0 aromatic heterocycles. The molecule has 0 bridgehead atoms. The van der Waals surface area contributed by atoms with Crippen LogP contribution in [0.25, 0.3) is 28.0 Å². The molecule has 1 spiro atoms. The number of ether oxygens (including phenoxy) is 1. The van der Waals surface area contributed by atoms with Crippen LogP contribution in [0.15, 0.2) is 109 Å². The maximum absolute atomic E-state index is 7.66. The fraction of sp³-hybridized carbons (Fsp3) is 0.333. The lowest BCUT2D eigenvalue weighted by Gasteiger charge is -2.58. The van der Waals surface area contributed by atoms with Gasteiger partial charge in [-0.1, -0.05) is 97.1 Å². The molecular weight excluding hydrogens is 617 g/mol. The van der Waals surface area contributed by atoms with E-state index in [4.69, 9.17) is 4.74 Å². The highest BCUT2D eigenvalue weighted by Gasteiger charge is 2.57. The molecule has 0 saturated carbocycles. The van der Waals surface area contributed by atoms with E-state index in [9.17, 15) is 0 Å². The Balaban J connectivity index is 1.29. The third-order valence-electron chi connectivity index (χ3n) is 12.3. The molecule has 2 saturated heterocycles. The molecule has 5 aromatic rings. The molecule has 248 valence electrons. The number of nitrogens with zero attached hydrogens (tertiary/aromatic N) is 2. The van der Waals surface area contributed by atoms with Crippen LogP contribution in [-0.2, 0) is 11.0 Å². The first-order chi connectivity index (χ1) is 23.6. The van der Waals surface area contributed by atoms with Gasteiger partial charge in [0.25, 0.3) is 0 Å². The molecule has 1 atom stereocenters. The minimum absolute atomic E-state index is 0.00315. The summed E-state index contributed by atoms with van der Waals surface area (Å²) in [5, 5.41) is 2.47. The second kappa shape index (κ2) is 11.0. The molecule has 4 aliphatic rings. The van der Waals surface area contributed by atoms with E-state index >= 15 is 0 Å². The van der Waals surface area contributed by atoms with Gasteiger partial charge in [0.05, 0.1) is 0 Å². The van der Waals surface area contributed by atoms with Gasteiger partial charge in [0.15, 0.2) is 5.60 Å². The molecule has 9 rings (SSSR count). The third-order valence-corrected chi connectivity index (χ3v) is 13.2. The van der Waals surface area contributed by atoms with E-state index in [-0.39, 0.29) is 16.5 Å². The van der Waals surface area contributed by atoms with Crippen LogP contribution in [0, 0.1) is 0 Å². The lowest BCUT2D eigenvalue weighted by Crippen LogP contribution is -2.62. The summed E-state index contributed by atoms with van der Waals surface area (Å²) < 4.78 is 7.66. The van der Waals surface area contributed by atoms with Crippen molar-refractivity contribution in [3.63, 3.8) is 0 Å². The molecule has 1 aliphatic carbocycles. The number of likely N-dealkylation sites (tertiary alicyclic amines) is 1. The molecule has 0 radical (unpaired) electrons. The van der Waals surface area contributed by atoms with Crippen LogP contribution in [-0.4, -0.2) is 47.6 Å². The van der Waals surface area contributed by atoms with Crippen LogP contribution in [0.2, 0.25) is 0 Å². The largest absolute Gasteiger partial charge is 0.472 e. The van der Waals surface area contributed by atoms with Crippen molar-refractivity contribution in [2.45, 2.75) is 62.6 Å². The first-order valence-corrected chi connectivity index (χ1v) is 19.1. The fourth-order valence-corrected chi connectivity index (χ4v) is 10.9. The Labute approximate surface area is 296 Å². The summed E-state index contributed by atoms with van der Waals surface area (Å²) in [4.78, 5) is 5.12. The number of fused-ring (bicyclic) bond motifs is 10. The lowest BCUT2D eigenvalue weighted by molar-refractivity contribution is -0.0318. The topological polar surface area (TPSA) is 15.7 Å². The zero-order valence-electron chi connectivity index (χ0n) is 29.4. The molecule has 5 aromatic carbocycles. The maximum atomic E-state index is 7.66. The Bertz CT molecular complexity index is 2090. The first-order valence-electron chi connectivity index (χ1n) is 17.9. The van der Waals surface area contributed by atoms with E-state index in [0.717, 1.165) is 42.8 Å².